The first kappa shape index (κ1) is 13.8. The summed E-state index contributed by atoms with van der Waals surface area (Å²) in [5.41, 5.74) is -0.535. The normalized spacial score (nSPS) is 21.3. The van der Waals surface area contributed by atoms with Gasteiger partial charge in [-0.1, -0.05) is 0 Å². The zero-order valence-electron chi connectivity index (χ0n) is 11.1. The van der Waals surface area contributed by atoms with E-state index in [0.29, 0.717) is 13.0 Å². The van der Waals surface area contributed by atoms with E-state index in [1.54, 1.807) is 25.7 Å². The number of nitrogens with zero attached hydrogens (tertiary/aromatic N) is 1. The predicted octanol–water partition coefficient (Wildman–Crippen LogP) is 1.52. The Kier molecular flexibility index (Phi) is 4.37. The molecule has 0 aromatic rings. The summed E-state index contributed by atoms with van der Waals surface area (Å²) in [5, 5.41) is 2.64. The first-order valence-electron chi connectivity index (χ1n) is 6.12. The number of likely N-dealkylation sites (tertiary alicyclic amines) is 1. The fraction of sp³-hybridized carbons (Fsp3) is 0.833. The molecular weight excluding hydrogens is 220 g/mol. The molecule has 0 spiro atoms. The van der Waals surface area contributed by atoms with E-state index in [1.807, 2.05) is 6.92 Å². The van der Waals surface area contributed by atoms with Gasteiger partial charge in [0.1, 0.15) is 11.6 Å². The van der Waals surface area contributed by atoms with Crippen LogP contribution in [0.4, 0.5) is 4.79 Å². The SMILES string of the molecule is CCN1CCC[C@H](NC(=O)OC(C)(C)C)C1=O. The zero-order chi connectivity index (χ0) is 13.1. The summed E-state index contributed by atoms with van der Waals surface area (Å²) in [5.74, 6) is -0.00962. The smallest absolute Gasteiger partial charge is 0.408 e. The van der Waals surface area contributed by atoms with Crippen LogP contribution in [0.25, 0.3) is 0 Å². The zero-order valence-corrected chi connectivity index (χ0v) is 11.1. The summed E-state index contributed by atoms with van der Waals surface area (Å²) in [6.45, 7) is 8.80. The molecule has 1 rings (SSSR count). The molecule has 0 bridgehead atoms. The molecule has 1 aliphatic rings. The van der Waals surface area contributed by atoms with Gasteiger partial charge in [-0.15, -0.1) is 0 Å². The molecule has 1 heterocycles. The first-order valence-corrected chi connectivity index (χ1v) is 6.12. The molecule has 5 heteroatoms. The number of amides is 2. The van der Waals surface area contributed by atoms with Crippen LogP contribution in [-0.2, 0) is 9.53 Å². The number of hydrogen-bond acceptors (Lipinski definition) is 3. The van der Waals surface area contributed by atoms with Crippen molar-refractivity contribution in [3.8, 4) is 0 Å². The summed E-state index contributed by atoms with van der Waals surface area (Å²) in [7, 11) is 0. The summed E-state index contributed by atoms with van der Waals surface area (Å²) in [6.07, 6.45) is 1.09. The number of hydrogen-bond donors (Lipinski definition) is 1. The van der Waals surface area contributed by atoms with Crippen molar-refractivity contribution in [2.45, 2.75) is 52.2 Å². The number of likely N-dealkylation sites (N-methyl/N-ethyl adjacent to an activating group) is 1. The van der Waals surface area contributed by atoms with Gasteiger partial charge in [-0.05, 0) is 40.5 Å². The lowest BCUT2D eigenvalue weighted by Crippen LogP contribution is -2.52. The van der Waals surface area contributed by atoms with Crippen LogP contribution < -0.4 is 5.32 Å². The first-order chi connectivity index (χ1) is 7.83. The van der Waals surface area contributed by atoms with Crippen LogP contribution >= 0.6 is 0 Å². The standard InChI is InChI=1S/C12H22N2O3/c1-5-14-8-6-7-9(10(14)15)13-11(16)17-12(2,3)4/h9H,5-8H2,1-4H3,(H,13,16)/t9-/m0/s1. The van der Waals surface area contributed by atoms with Crippen LogP contribution in [0.15, 0.2) is 0 Å². The molecule has 0 saturated carbocycles. The molecule has 0 aliphatic carbocycles. The van der Waals surface area contributed by atoms with Crippen molar-refractivity contribution in [2.24, 2.45) is 0 Å². The lowest BCUT2D eigenvalue weighted by Gasteiger charge is -2.32. The Bertz CT molecular complexity index is 297. The molecule has 17 heavy (non-hydrogen) atoms. The Morgan fingerprint density at radius 1 is 1.53 bits per heavy atom. The maximum absolute atomic E-state index is 11.9. The Labute approximate surface area is 102 Å². The third-order valence-corrected chi connectivity index (χ3v) is 2.60. The average Bonchev–Trinajstić information content (AvgIpc) is 2.18. The second-order valence-corrected chi connectivity index (χ2v) is 5.26. The molecular formula is C12H22N2O3. The highest BCUT2D eigenvalue weighted by Gasteiger charge is 2.30. The van der Waals surface area contributed by atoms with Gasteiger partial charge >= 0.3 is 6.09 Å². The van der Waals surface area contributed by atoms with Crippen molar-refractivity contribution in [1.82, 2.24) is 10.2 Å². The van der Waals surface area contributed by atoms with Gasteiger partial charge in [0.15, 0.2) is 0 Å². The highest BCUT2D eigenvalue weighted by Crippen LogP contribution is 2.13. The van der Waals surface area contributed by atoms with E-state index in [4.69, 9.17) is 4.74 Å². The van der Waals surface area contributed by atoms with E-state index in [0.717, 1.165) is 13.0 Å². The molecule has 2 amide bonds. The Balaban J connectivity index is 2.50. The monoisotopic (exact) mass is 242 g/mol. The molecule has 0 radical (unpaired) electrons. The second-order valence-electron chi connectivity index (χ2n) is 5.26. The van der Waals surface area contributed by atoms with Gasteiger partial charge < -0.3 is 15.0 Å². The highest BCUT2D eigenvalue weighted by molar-refractivity contribution is 5.86. The minimum Gasteiger partial charge on any atom is -0.444 e. The molecule has 1 atom stereocenters. The molecule has 0 unspecified atom stereocenters. The maximum Gasteiger partial charge on any atom is 0.408 e. The van der Waals surface area contributed by atoms with Gasteiger partial charge in [-0.2, -0.15) is 0 Å². The van der Waals surface area contributed by atoms with Crippen LogP contribution in [0.5, 0.6) is 0 Å². The third-order valence-electron chi connectivity index (χ3n) is 2.60. The van der Waals surface area contributed by atoms with E-state index < -0.39 is 17.7 Å². The molecule has 5 nitrogen and oxygen atoms in total. The fourth-order valence-electron chi connectivity index (χ4n) is 1.84. The molecule has 0 aromatic carbocycles. The summed E-state index contributed by atoms with van der Waals surface area (Å²) in [6, 6.07) is -0.432. The van der Waals surface area contributed by atoms with Crippen LogP contribution in [0.1, 0.15) is 40.5 Å². The van der Waals surface area contributed by atoms with Crippen molar-refractivity contribution in [2.75, 3.05) is 13.1 Å². The Hall–Kier alpha value is -1.26. The summed E-state index contributed by atoms with van der Waals surface area (Å²) < 4.78 is 5.14. The van der Waals surface area contributed by atoms with Crippen LogP contribution in [0.2, 0.25) is 0 Å². The van der Waals surface area contributed by atoms with Crippen molar-refractivity contribution >= 4 is 12.0 Å². The quantitative estimate of drug-likeness (QED) is 0.798. The maximum atomic E-state index is 11.9. The number of nitrogens with one attached hydrogen (secondary N) is 1. The van der Waals surface area contributed by atoms with Crippen molar-refractivity contribution in [3.05, 3.63) is 0 Å². The van der Waals surface area contributed by atoms with E-state index in [2.05, 4.69) is 5.32 Å². The number of carbonyl (C=O) groups is 2. The topological polar surface area (TPSA) is 58.6 Å². The Morgan fingerprint density at radius 2 is 2.18 bits per heavy atom. The van der Waals surface area contributed by atoms with E-state index in [1.165, 1.54) is 0 Å². The van der Waals surface area contributed by atoms with E-state index in [-0.39, 0.29) is 5.91 Å². The number of carbonyl (C=O) groups excluding carboxylic acids is 2. The van der Waals surface area contributed by atoms with Crippen molar-refractivity contribution in [1.29, 1.82) is 0 Å². The lowest BCUT2D eigenvalue weighted by molar-refractivity contribution is -0.135. The third kappa shape index (κ3) is 4.24. The van der Waals surface area contributed by atoms with Gasteiger partial charge in [-0.3, -0.25) is 4.79 Å². The van der Waals surface area contributed by atoms with Gasteiger partial charge in [0.2, 0.25) is 5.91 Å². The fourth-order valence-corrected chi connectivity index (χ4v) is 1.84. The minimum atomic E-state index is -0.535. The van der Waals surface area contributed by atoms with Gasteiger partial charge in [0.25, 0.3) is 0 Å². The van der Waals surface area contributed by atoms with E-state index in [9.17, 15) is 9.59 Å². The summed E-state index contributed by atoms with van der Waals surface area (Å²) >= 11 is 0. The lowest BCUT2D eigenvalue weighted by atomic mass is 10.1. The largest absolute Gasteiger partial charge is 0.444 e. The number of ether oxygens (including phenoxy) is 1. The van der Waals surface area contributed by atoms with Crippen molar-refractivity contribution < 1.29 is 14.3 Å². The molecule has 98 valence electrons. The minimum absolute atomic E-state index is 0.00962. The number of rotatable bonds is 2. The Morgan fingerprint density at radius 3 is 2.71 bits per heavy atom. The molecule has 1 N–H and O–H groups in total. The molecule has 1 fully saturated rings. The predicted molar refractivity (Wildman–Crippen MR) is 64.6 cm³/mol. The molecule has 0 aromatic heterocycles. The second kappa shape index (κ2) is 5.38. The molecule has 1 saturated heterocycles. The van der Waals surface area contributed by atoms with Gasteiger partial charge in [0, 0.05) is 13.1 Å². The van der Waals surface area contributed by atoms with E-state index >= 15 is 0 Å². The number of alkyl carbamates (subject to hydrolysis) is 1. The van der Waals surface area contributed by atoms with Crippen LogP contribution in [0, 0.1) is 0 Å². The molecule has 1 aliphatic heterocycles. The van der Waals surface area contributed by atoms with Gasteiger partial charge in [0.05, 0.1) is 0 Å². The van der Waals surface area contributed by atoms with Crippen LogP contribution in [-0.4, -0.2) is 41.6 Å². The summed E-state index contributed by atoms with van der Waals surface area (Å²) in [4.78, 5) is 25.2. The van der Waals surface area contributed by atoms with Crippen molar-refractivity contribution in [3.63, 3.8) is 0 Å². The van der Waals surface area contributed by atoms with Crippen LogP contribution in [0.3, 0.4) is 0 Å². The van der Waals surface area contributed by atoms with Gasteiger partial charge in [-0.25, -0.2) is 4.79 Å². The number of piperidine rings is 1. The average molecular weight is 242 g/mol. The highest BCUT2D eigenvalue weighted by atomic mass is 16.6.